The molecule has 2 aliphatic carbocycles. The second kappa shape index (κ2) is 12.3. The van der Waals surface area contributed by atoms with Crippen molar-refractivity contribution in [3.63, 3.8) is 0 Å². The van der Waals surface area contributed by atoms with Crippen molar-refractivity contribution in [2.75, 3.05) is 24.4 Å². The van der Waals surface area contributed by atoms with Crippen LogP contribution in [0.15, 0.2) is 76.6 Å². The van der Waals surface area contributed by atoms with E-state index >= 15 is 0 Å². The van der Waals surface area contributed by atoms with Crippen LogP contribution in [0.3, 0.4) is 0 Å². The fourth-order valence-corrected chi connectivity index (χ4v) is 11.8. The van der Waals surface area contributed by atoms with Gasteiger partial charge >= 0.3 is 11.0 Å². The summed E-state index contributed by atoms with van der Waals surface area (Å²) in [5, 5.41) is 2.82. The van der Waals surface area contributed by atoms with Crippen LogP contribution in [0.5, 0.6) is 11.5 Å². The zero-order valence-corrected chi connectivity index (χ0v) is 28.6. The van der Waals surface area contributed by atoms with Crippen LogP contribution in [0.25, 0.3) is 0 Å². The number of thioether (sulfide) groups is 1. The van der Waals surface area contributed by atoms with Gasteiger partial charge in [-0.15, -0.1) is 11.8 Å². The molecule has 4 aromatic rings. The first-order chi connectivity index (χ1) is 24.4. The second-order valence-corrected chi connectivity index (χ2v) is 15.3. The van der Waals surface area contributed by atoms with Crippen LogP contribution >= 0.6 is 23.1 Å². The van der Waals surface area contributed by atoms with Gasteiger partial charge in [-0.25, -0.2) is 4.39 Å². The molecule has 4 aliphatic rings. The van der Waals surface area contributed by atoms with Gasteiger partial charge in [-0.3, -0.25) is 28.6 Å². The van der Waals surface area contributed by atoms with Crippen LogP contribution in [0.1, 0.15) is 28.3 Å². The summed E-state index contributed by atoms with van der Waals surface area (Å²) in [6.45, 7) is -0.445. The number of fused-ring (bicyclic) bond motifs is 9. The van der Waals surface area contributed by atoms with Gasteiger partial charge < -0.3 is 14.8 Å². The summed E-state index contributed by atoms with van der Waals surface area (Å²) in [5.41, 5.74) is 0.142. The first-order valence-corrected chi connectivity index (χ1v) is 17.8. The first kappa shape index (κ1) is 33.5. The number of aromatic nitrogens is 1. The minimum absolute atomic E-state index is 0.0582. The third-order valence-corrected chi connectivity index (χ3v) is 13.4. The molecular weight excluding hydrogens is 711 g/mol. The Kier molecular flexibility index (Phi) is 8.05. The van der Waals surface area contributed by atoms with Gasteiger partial charge in [0, 0.05) is 21.7 Å². The number of ether oxygens (including phenoxy) is 2. The second-order valence-electron chi connectivity index (χ2n) is 13.1. The van der Waals surface area contributed by atoms with E-state index in [1.54, 1.807) is 6.07 Å². The number of hydrogen-bond acceptors (Lipinski definition) is 8. The van der Waals surface area contributed by atoms with Gasteiger partial charge in [-0.2, -0.15) is 13.2 Å². The molecule has 15 heteroatoms. The van der Waals surface area contributed by atoms with Crippen LogP contribution in [-0.4, -0.2) is 41.8 Å². The molecule has 3 fully saturated rings. The smallest absolute Gasteiger partial charge is 0.416 e. The standard InChI is InChI=1S/C36H29F4N3O6S2/c1-48-23-11-6-16(12-24(23)49-2)26-27-21-14-22(29-28(21)32(45)43(33(29)46)20-9-7-18(37)8-10-20)30(27)50-34-31(26)51-35(47)42(34)15-25(44)41-19-5-3-4-17(13-19)36(38,39)40/h3-13,21-22,26-30H,14-15H2,1-2H3,(H,41,44). The molecule has 1 aromatic heterocycles. The zero-order chi connectivity index (χ0) is 35.9. The Balaban J connectivity index is 1.18. The van der Waals surface area contributed by atoms with E-state index in [0.29, 0.717) is 33.5 Å². The van der Waals surface area contributed by atoms with Crippen molar-refractivity contribution in [3.8, 4) is 11.5 Å². The molecule has 2 bridgehead atoms. The van der Waals surface area contributed by atoms with Crippen molar-refractivity contribution >= 4 is 52.2 Å². The van der Waals surface area contributed by atoms with E-state index in [4.69, 9.17) is 9.47 Å². The van der Waals surface area contributed by atoms with Crippen LogP contribution in [-0.2, 0) is 27.1 Å². The molecule has 0 radical (unpaired) electrons. The molecule has 0 spiro atoms. The number of rotatable bonds is 7. The van der Waals surface area contributed by atoms with Gasteiger partial charge in [0.25, 0.3) is 0 Å². The van der Waals surface area contributed by atoms with Crippen molar-refractivity contribution < 1.29 is 41.4 Å². The quantitative estimate of drug-likeness (QED) is 0.173. The summed E-state index contributed by atoms with van der Waals surface area (Å²) < 4.78 is 66.1. The highest BCUT2D eigenvalue weighted by Gasteiger charge is 2.70. The summed E-state index contributed by atoms with van der Waals surface area (Å²) >= 11 is 2.40. The number of thiazole rings is 1. The molecule has 3 aromatic carbocycles. The summed E-state index contributed by atoms with van der Waals surface area (Å²) in [6.07, 6.45) is -3.98. The predicted octanol–water partition coefficient (Wildman–Crippen LogP) is 6.40. The molecule has 9 nitrogen and oxygen atoms in total. The number of nitrogens with zero attached hydrogens (tertiary/aromatic N) is 2. The Morgan fingerprint density at radius 2 is 1.63 bits per heavy atom. The molecule has 1 saturated heterocycles. The minimum atomic E-state index is -4.60. The van der Waals surface area contributed by atoms with Crippen LogP contribution in [0, 0.1) is 35.4 Å². The molecule has 1 N–H and O–H groups in total. The van der Waals surface area contributed by atoms with Crippen molar-refractivity contribution in [2.24, 2.45) is 29.6 Å². The molecule has 51 heavy (non-hydrogen) atoms. The third kappa shape index (κ3) is 5.34. The normalized spacial score (nSPS) is 26.2. The average Bonchev–Trinajstić information content (AvgIpc) is 3.83. The van der Waals surface area contributed by atoms with Gasteiger partial charge in [-0.1, -0.05) is 23.5 Å². The monoisotopic (exact) mass is 739 g/mol. The van der Waals surface area contributed by atoms with E-state index < -0.39 is 52.6 Å². The van der Waals surface area contributed by atoms with Crippen LogP contribution in [0.4, 0.5) is 28.9 Å². The highest BCUT2D eigenvalue weighted by molar-refractivity contribution is 8.00. The third-order valence-electron chi connectivity index (χ3n) is 10.6. The minimum Gasteiger partial charge on any atom is -0.493 e. The number of alkyl halides is 3. The van der Waals surface area contributed by atoms with Crippen LogP contribution < -0.4 is 24.6 Å². The molecule has 8 rings (SSSR count). The lowest BCUT2D eigenvalue weighted by atomic mass is 9.68. The lowest BCUT2D eigenvalue weighted by molar-refractivity contribution is -0.137. The topological polar surface area (TPSA) is 107 Å². The summed E-state index contributed by atoms with van der Waals surface area (Å²) in [6, 6.07) is 15.0. The van der Waals surface area contributed by atoms with E-state index in [2.05, 4.69) is 5.32 Å². The van der Waals surface area contributed by atoms with E-state index in [1.165, 1.54) is 71.8 Å². The summed E-state index contributed by atoms with van der Waals surface area (Å²) in [7, 11) is 3.03. The molecular formula is C36H29F4N3O6S2. The molecule has 2 saturated carbocycles. The number of amides is 3. The highest BCUT2D eigenvalue weighted by Crippen LogP contribution is 2.69. The van der Waals surface area contributed by atoms with Crippen molar-refractivity contribution in [1.29, 1.82) is 0 Å². The first-order valence-electron chi connectivity index (χ1n) is 16.1. The number of methoxy groups -OCH3 is 2. The van der Waals surface area contributed by atoms with Gasteiger partial charge in [0.1, 0.15) is 12.4 Å². The number of benzene rings is 3. The molecule has 3 amide bonds. The number of nitrogens with one attached hydrogen (secondary N) is 1. The largest absolute Gasteiger partial charge is 0.493 e. The molecule has 264 valence electrons. The van der Waals surface area contributed by atoms with Crippen molar-refractivity contribution in [2.45, 2.75) is 35.3 Å². The van der Waals surface area contributed by atoms with E-state index in [0.717, 1.165) is 29.0 Å². The molecule has 7 atom stereocenters. The Hall–Kier alpha value is -4.63. The average molecular weight is 740 g/mol. The van der Waals surface area contributed by atoms with Gasteiger partial charge in [0.15, 0.2) is 11.5 Å². The van der Waals surface area contributed by atoms with Gasteiger partial charge in [0.2, 0.25) is 17.7 Å². The number of imide groups is 1. The Morgan fingerprint density at radius 3 is 2.31 bits per heavy atom. The highest BCUT2D eigenvalue weighted by atomic mass is 32.2. The Bertz CT molecular complexity index is 2150. The maximum absolute atomic E-state index is 14.0. The fraction of sp³-hybridized carbons (Fsp3) is 0.333. The lowest BCUT2D eigenvalue weighted by Gasteiger charge is -2.43. The zero-order valence-electron chi connectivity index (χ0n) is 27.0. The number of hydrogen-bond donors (Lipinski definition) is 1. The number of anilines is 2. The maximum atomic E-state index is 14.0. The van der Waals surface area contributed by atoms with E-state index in [1.807, 2.05) is 12.1 Å². The van der Waals surface area contributed by atoms with E-state index in [9.17, 15) is 36.7 Å². The summed E-state index contributed by atoms with van der Waals surface area (Å²) in [5.74, 6) is -3.04. The van der Waals surface area contributed by atoms with Crippen molar-refractivity contribution in [1.82, 2.24) is 4.57 Å². The van der Waals surface area contributed by atoms with Gasteiger partial charge in [-0.05, 0) is 84.3 Å². The van der Waals surface area contributed by atoms with Gasteiger partial charge in [0.05, 0.1) is 42.3 Å². The maximum Gasteiger partial charge on any atom is 0.416 e. The SMILES string of the molecule is COc1ccc(C2c3sc(=O)n(CC(=O)Nc4cccc(C(F)(F)F)c4)c3SC3C4CC(C5C(=O)N(c6ccc(F)cc6)C(=O)C45)C23)cc1OC. The number of carbonyl (C=O) groups excluding carboxylic acids is 3. The van der Waals surface area contributed by atoms with E-state index in [-0.39, 0.29) is 40.5 Å². The Morgan fingerprint density at radius 1 is 0.922 bits per heavy atom. The van der Waals surface area contributed by atoms with Crippen LogP contribution in [0.2, 0.25) is 0 Å². The molecule has 2 aliphatic heterocycles. The molecule has 7 unspecified atom stereocenters. The number of halogens is 4. The molecule has 3 heterocycles. The fourth-order valence-electron chi connectivity index (χ4n) is 8.64. The lowest BCUT2D eigenvalue weighted by Crippen LogP contribution is -2.43. The predicted molar refractivity (Wildman–Crippen MR) is 181 cm³/mol. The number of carbonyl (C=O) groups is 3. The summed E-state index contributed by atoms with van der Waals surface area (Å²) in [4.78, 5) is 56.4. The van der Waals surface area contributed by atoms with Crippen molar-refractivity contribution in [3.05, 3.63) is 98.2 Å². The Labute approximate surface area is 296 Å².